The highest BCUT2D eigenvalue weighted by Crippen LogP contribution is 2.27. The fourth-order valence-electron chi connectivity index (χ4n) is 1.28. The number of thiophene rings is 1. The number of nitrogens with zero attached hydrogens (tertiary/aromatic N) is 1. The topological polar surface area (TPSA) is 29.4 Å². The Balaban J connectivity index is 2.29. The average Bonchev–Trinajstić information content (AvgIpc) is 2.68. The molecule has 0 radical (unpaired) electrons. The van der Waals surface area contributed by atoms with Crippen molar-refractivity contribution < 1.29 is 0 Å². The molecule has 0 spiro atoms. The van der Waals surface area contributed by atoms with Crippen molar-refractivity contribution in [3.05, 3.63) is 52.2 Å². The first-order chi connectivity index (χ1) is 6.90. The summed E-state index contributed by atoms with van der Waals surface area (Å²) in [6.07, 6.45) is 0. The van der Waals surface area contributed by atoms with Gasteiger partial charge in [-0.1, -0.05) is 35.5 Å². The maximum Gasteiger partial charge on any atom is 0.115 e. The van der Waals surface area contributed by atoms with Gasteiger partial charge in [0.1, 0.15) is 6.54 Å². The first kappa shape index (κ1) is 9.09. The Kier molecular flexibility index (Phi) is 2.70. The third-order valence-electron chi connectivity index (χ3n) is 1.94. The summed E-state index contributed by atoms with van der Waals surface area (Å²) in [7, 11) is 0. The van der Waals surface area contributed by atoms with Crippen LogP contribution in [0.5, 0.6) is 0 Å². The maximum absolute atomic E-state index is 10.1. The van der Waals surface area contributed by atoms with Crippen LogP contribution >= 0.6 is 11.3 Å². The highest BCUT2D eigenvalue weighted by molar-refractivity contribution is 7.15. The molecule has 0 amide bonds. The molecule has 0 aliphatic carbocycles. The molecule has 1 aromatic carbocycles. The van der Waals surface area contributed by atoms with Crippen molar-refractivity contribution in [3.8, 4) is 10.4 Å². The Morgan fingerprint density at radius 2 is 1.86 bits per heavy atom. The van der Waals surface area contributed by atoms with E-state index in [1.165, 1.54) is 10.4 Å². The minimum absolute atomic E-state index is 0.275. The van der Waals surface area contributed by atoms with Crippen LogP contribution < -0.4 is 0 Å². The Hall–Kier alpha value is -1.48. The zero-order chi connectivity index (χ0) is 9.80. The molecule has 1 heterocycles. The lowest BCUT2D eigenvalue weighted by Crippen LogP contribution is -1.68. The second kappa shape index (κ2) is 4.15. The summed E-state index contributed by atoms with van der Waals surface area (Å²) in [5, 5.41) is 2.87. The zero-order valence-electron chi connectivity index (χ0n) is 7.51. The first-order valence-electron chi connectivity index (χ1n) is 4.33. The number of hydrogen-bond donors (Lipinski definition) is 0. The molecular weight excluding hydrogens is 194 g/mol. The van der Waals surface area contributed by atoms with Crippen LogP contribution in [0.3, 0.4) is 0 Å². The minimum Gasteiger partial charge on any atom is -0.150 e. The smallest absolute Gasteiger partial charge is 0.115 e. The van der Waals surface area contributed by atoms with Crippen LogP contribution in [0.15, 0.2) is 47.6 Å². The molecule has 0 saturated heterocycles. The Bertz CT molecular complexity index is 422. The Labute approximate surface area is 86.2 Å². The molecule has 0 saturated carbocycles. The highest BCUT2D eigenvalue weighted by atomic mass is 32.1. The summed E-state index contributed by atoms with van der Waals surface area (Å²) in [5.41, 5.74) is 1.19. The predicted octanol–water partition coefficient (Wildman–Crippen LogP) is 3.68. The largest absolute Gasteiger partial charge is 0.150 e. The second-order valence-corrected chi connectivity index (χ2v) is 4.09. The summed E-state index contributed by atoms with van der Waals surface area (Å²) in [4.78, 5) is 12.3. The van der Waals surface area contributed by atoms with Crippen LogP contribution in [-0.4, -0.2) is 0 Å². The molecule has 2 aromatic rings. The molecule has 70 valence electrons. The minimum atomic E-state index is 0.275. The van der Waals surface area contributed by atoms with Crippen molar-refractivity contribution in [2.45, 2.75) is 6.54 Å². The van der Waals surface area contributed by atoms with Crippen molar-refractivity contribution >= 4 is 11.3 Å². The highest BCUT2D eigenvalue weighted by Gasteiger charge is 2.01. The van der Waals surface area contributed by atoms with E-state index in [1.807, 2.05) is 30.3 Å². The molecule has 0 aliphatic heterocycles. The molecule has 0 bridgehead atoms. The average molecular weight is 203 g/mol. The molecule has 0 aliphatic rings. The summed E-state index contributed by atoms with van der Waals surface area (Å²) in [5.74, 6) is 0. The van der Waals surface area contributed by atoms with Gasteiger partial charge in [-0.05, 0) is 17.7 Å². The summed E-state index contributed by atoms with van der Waals surface area (Å²) in [6.45, 7) is 0.275. The van der Waals surface area contributed by atoms with Crippen molar-refractivity contribution in [2.75, 3.05) is 0 Å². The van der Waals surface area contributed by atoms with Crippen molar-refractivity contribution in [1.29, 1.82) is 0 Å². The monoisotopic (exact) mass is 203 g/mol. The standard InChI is InChI=1S/C11H9NOS/c13-12-8-10-6-7-11(14-10)9-4-2-1-3-5-9/h1-7H,8H2. The molecule has 14 heavy (non-hydrogen) atoms. The molecule has 0 N–H and O–H groups in total. The molecule has 0 unspecified atom stereocenters. The van der Waals surface area contributed by atoms with E-state index in [0.717, 1.165) is 4.88 Å². The van der Waals surface area contributed by atoms with Gasteiger partial charge in [-0.3, -0.25) is 0 Å². The van der Waals surface area contributed by atoms with Crippen LogP contribution in [0, 0.1) is 4.91 Å². The molecule has 2 nitrogen and oxygen atoms in total. The van der Waals surface area contributed by atoms with Crippen molar-refractivity contribution in [2.24, 2.45) is 5.18 Å². The van der Waals surface area contributed by atoms with E-state index < -0.39 is 0 Å². The van der Waals surface area contributed by atoms with Crippen LogP contribution in [0.2, 0.25) is 0 Å². The third kappa shape index (κ3) is 1.88. The van der Waals surface area contributed by atoms with E-state index in [0.29, 0.717) is 0 Å². The third-order valence-corrected chi connectivity index (χ3v) is 3.06. The van der Waals surface area contributed by atoms with Gasteiger partial charge in [0, 0.05) is 9.75 Å². The van der Waals surface area contributed by atoms with Crippen molar-refractivity contribution in [3.63, 3.8) is 0 Å². The van der Waals surface area contributed by atoms with Gasteiger partial charge in [-0.25, -0.2) is 0 Å². The van der Waals surface area contributed by atoms with Gasteiger partial charge in [-0.2, -0.15) is 4.91 Å². The Morgan fingerprint density at radius 3 is 2.57 bits per heavy atom. The molecule has 0 atom stereocenters. The summed E-state index contributed by atoms with van der Waals surface area (Å²) >= 11 is 1.62. The van der Waals surface area contributed by atoms with Crippen molar-refractivity contribution in [1.82, 2.24) is 0 Å². The van der Waals surface area contributed by atoms with E-state index in [-0.39, 0.29) is 6.54 Å². The van der Waals surface area contributed by atoms with E-state index in [4.69, 9.17) is 0 Å². The van der Waals surface area contributed by atoms with E-state index in [9.17, 15) is 4.91 Å². The van der Waals surface area contributed by atoms with E-state index in [1.54, 1.807) is 11.3 Å². The lowest BCUT2D eigenvalue weighted by Gasteiger charge is -1.94. The molecule has 1 aromatic heterocycles. The van der Waals surface area contributed by atoms with Gasteiger partial charge in [-0.15, -0.1) is 11.3 Å². The SMILES string of the molecule is O=NCc1ccc(-c2ccccc2)s1. The van der Waals surface area contributed by atoms with Gasteiger partial charge in [0.25, 0.3) is 0 Å². The zero-order valence-corrected chi connectivity index (χ0v) is 8.33. The number of hydrogen-bond acceptors (Lipinski definition) is 3. The fourth-order valence-corrected chi connectivity index (χ4v) is 2.21. The first-order valence-corrected chi connectivity index (χ1v) is 5.15. The normalized spacial score (nSPS) is 10.0. The lowest BCUT2D eigenvalue weighted by molar-refractivity contribution is 1.09. The second-order valence-electron chi connectivity index (χ2n) is 2.92. The van der Waals surface area contributed by atoms with Gasteiger partial charge in [0.15, 0.2) is 0 Å². The number of rotatable bonds is 3. The lowest BCUT2D eigenvalue weighted by atomic mass is 10.2. The van der Waals surface area contributed by atoms with Crippen LogP contribution in [-0.2, 0) is 6.54 Å². The Morgan fingerprint density at radius 1 is 1.07 bits per heavy atom. The maximum atomic E-state index is 10.1. The predicted molar refractivity (Wildman–Crippen MR) is 59.3 cm³/mol. The van der Waals surface area contributed by atoms with Gasteiger partial charge >= 0.3 is 0 Å². The molecule has 3 heteroatoms. The quantitative estimate of drug-likeness (QED) is 0.699. The molecular formula is C11H9NOS. The number of benzene rings is 1. The van der Waals surface area contributed by atoms with Crippen LogP contribution in [0.4, 0.5) is 0 Å². The van der Waals surface area contributed by atoms with E-state index in [2.05, 4.69) is 17.3 Å². The van der Waals surface area contributed by atoms with Gasteiger partial charge in [0.2, 0.25) is 0 Å². The van der Waals surface area contributed by atoms with Gasteiger partial charge < -0.3 is 0 Å². The van der Waals surface area contributed by atoms with Crippen LogP contribution in [0.1, 0.15) is 4.88 Å². The van der Waals surface area contributed by atoms with Crippen LogP contribution in [0.25, 0.3) is 10.4 Å². The van der Waals surface area contributed by atoms with E-state index >= 15 is 0 Å². The molecule has 0 fully saturated rings. The fraction of sp³-hybridized carbons (Fsp3) is 0.0909. The summed E-state index contributed by atoms with van der Waals surface area (Å²) in [6, 6.07) is 14.1. The molecule has 2 rings (SSSR count). The van der Waals surface area contributed by atoms with Gasteiger partial charge in [0.05, 0.1) is 0 Å². The number of nitroso groups, excluding NO2 is 1. The summed E-state index contributed by atoms with van der Waals surface area (Å²) < 4.78 is 0.